The quantitative estimate of drug-likeness (QED) is 0.784. The molecule has 1 saturated heterocycles. The summed E-state index contributed by atoms with van der Waals surface area (Å²) in [6.07, 6.45) is -3.55. The molecule has 0 aromatic heterocycles. The van der Waals surface area contributed by atoms with Gasteiger partial charge in [-0.3, -0.25) is 4.79 Å². The number of amides is 1. The van der Waals surface area contributed by atoms with Gasteiger partial charge < -0.3 is 4.90 Å². The van der Waals surface area contributed by atoms with E-state index in [-0.39, 0.29) is 44.0 Å². The van der Waals surface area contributed by atoms with E-state index in [1.165, 1.54) is 4.90 Å². The first-order valence-corrected chi connectivity index (χ1v) is 7.68. The first kappa shape index (κ1) is 15.3. The van der Waals surface area contributed by atoms with Crippen LogP contribution in [-0.2, 0) is 14.6 Å². The zero-order valence-corrected chi connectivity index (χ0v) is 10.9. The van der Waals surface area contributed by atoms with E-state index < -0.39 is 21.9 Å². The van der Waals surface area contributed by atoms with Crippen LogP contribution in [0.5, 0.6) is 0 Å². The van der Waals surface area contributed by atoms with E-state index in [1.807, 2.05) is 0 Å². The number of likely N-dealkylation sites (tertiary alicyclic amines) is 1. The first-order valence-electron chi connectivity index (χ1n) is 5.62. The molecule has 18 heavy (non-hydrogen) atoms. The molecular weight excluding hydrogens is 271 g/mol. The van der Waals surface area contributed by atoms with Crippen LogP contribution in [0.15, 0.2) is 0 Å². The third-order valence-electron chi connectivity index (χ3n) is 3.00. The van der Waals surface area contributed by atoms with Gasteiger partial charge in [-0.15, -0.1) is 0 Å². The van der Waals surface area contributed by atoms with Gasteiger partial charge in [-0.05, 0) is 12.8 Å². The molecule has 0 aromatic rings. The molecule has 106 valence electrons. The Hall–Kier alpha value is -0.790. The van der Waals surface area contributed by atoms with Crippen molar-refractivity contribution in [2.75, 3.05) is 25.1 Å². The lowest BCUT2D eigenvalue weighted by atomic mass is 9.96. The van der Waals surface area contributed by atoms with Crippen LogP contribution in [0.1, 0.15) is 19.3 Å². The Bertz CT molecular complexity index is 397. The Kier molecular flexibility index (Phi) is 4.63. The van der Waals surface area contributed by atoms with Gasteiger partial charge in [0.05, 0.1) is 11.7 Å². The summed E-state index contributed by atoms with van der Waals surface area (Å²) >= 11 is 0. The molecule has 8 heteroatoms. The Morgan fingerprint density at radius 3 is 2.17 bits per heavy atom. The number of nitrogens with zero attached hydrogens (tertiary/aromatic N) is 1. The van der Waals surface area contributed by atoms with E-state index in [2.05, 4.69) is 0 Å². The number of alkyl halides is 3. The van der Waals surface area contributed by atoms with Crippen molar-refractivity contribution in [3.63, 3.8) is 0 Å². The topological polar surface area (TPSA) is 54.5 Å². The molecule has 1 aliphatic heterocycles. The number of carbonyl (C=O) groups is 1. The van der Waals surface area contributed by atoms with E-state index in [1.54, 1.807) is 0 Å². The van der Waals surface area contributed by atoms with Gasteiger partial charge in [-0.1, -0.05) is 0 Å². The molecule has 0 saturated carbocycles. The highest BCUT2D eigenvalue weighted by Gasteiger charge is 2.41. The maximum absolute atomic E-state index is 12.4. The Labute approximate surface area is 104 Å². The first-order chi connectivity index (χ1) is 8.09. The highest BCUT2D eigenvalue weighted by molar-refractivity contribution is 7.90. The van der Waals surface area contributed by atoms with Gasteiger partial charge in [-0.2, -0.15) is 13.2 Å². The van der Waals surface area contributed by atoms with E-state index in [0.29, 0.717) is 0 Å². The molecule has 0 aliphatic carbocycles. The average Bonchev–Trinajstić information content (AvgIpc) is 2.24. The number of halogens is 3. The zero-order chi connectivity index (χ0) is 14.0. The van der Waals surface area contributed by atoms with Crippen molar-refractivity contribution in [1.82, 2.24) is 4.90 Å². The van der Waals surface area contributed by atoms with Crippen LogP contribution in [0.3, 0.4) is 0 Å². The van der Waals surface area contributed by atoms with Crippen molar-refractivity contribution >= 4 is 15.7 Å². The summed E-state index contributed by atoms with van der Waals surface area (Å²) in [5, 5.41) is 0. The van der Waals surface area contributed by atoms with Crippen molar-refractivity contribution in [2.24, 2.45) is 5.92 Å². The van der Waals surface area contributed by atoms with Crippen molar-refractivity contribution in [3.05, 3.63) is 0 Å². The molecule has 1 fully saturated rings. The fourth-order valence-electron chi connectivity index (χ4n) is 1.89. The minimum absolute atomic E-state index is 0.0484. The maximum Gasteiger partial charge on any atom is 0.391 e. The lowest BCUT2D eigenvalue weighted by Gasteiger charge is -2.32. The van der Waals surface area contributed by atoms with Gasteiger partial charge in [0, 0.05) is 25.8 Å². The predicted molar refractivity (Wildman–Crippen MR) is 59.7 cm³/mol. The van der Waals surface area contributed by atoms with Crippen molar-refractivity contribution in [2.45, 2.75) is 25.4 Å². The molecule has 0 bridgehead atoms. The summed E-state index contributed by atoms with van der Waals surface area (Å²) in [7, 11) is -3.22. The van der Waals surface area contributed by atoms with E-state index in [4.69, 9.17) is 0 Å². The average molecular weight is 287 g/mol. The van der Waals surface area contributed by atoms with Crippen LogP contribution in [0.2, 0.25) is 0 Å². The summed E-state index contributed by atoms with van der Waals surface area (Å²) < 4.78 is 58.9. The Morgan fingerprint density at radius 2 is 1.78 bits per heavy atom. The highest BCUT2D eigenvalue weighted by Crippen LogP contribution is 2.34. The number of carbonyl (C=O) groups excluding carboxylic acids is 1. The van der Waals surface area contributed by atoms with Gasteiger partial charge in [-0.25, -0.2) is 8.42 Å². The summed E-state index contributed by atoms with van der Waals surface area (Å²) in [5.74, 6) is -2.00. The van der Waals surface area contributed by atoms with Gasteiger partial charge in [0.1, 0.15) is 9.84 Å². The number of hydrogen-bond acceptors (Lipinski definition) is 3. The number of hydrogen-bond donors (Lipinski definition) is 0. The van der Waals surface area contributed by atoms with Crippen LogP contribution < -0.4 is 0 Å². The molecule has 0 spiro atoms. The molecule has 0 atom stereocenters. The second-order valence-corrected chi connectivity index (χ2v) is 6.84. The van der Waals surface area contributed by atoms with Crippen LogP contribution in [0.25, 0.3) is 0 Å². The van der Waals surface area contributed by atoms with Crippen LogP contribution in [0.4, 0.5) is 13.2 Å². The highest BCUT2D eigenvalue weighted by atomic mass is 32.2. The van der Waals surface area contributed by atoms with Crippen molar-refractivity contribution in [3.8, 4) is 0 Å². The fourth-order valence-corrected chi connectivity index (χ4v) is 2.43. The molecule has 1 amide bonds. The van der Waals surface area contributed by atoms with Crippen LogP contribution in [0, 0.1) is 5.92 Å². The SMILES string of the molecule is CS(=O)(=O)CCC(=O)N1CCC(C(F)(F)F)CC1. The van der Waals surface area contributed by atoms with Crippen molar-refractivity contribution < 1.29 is 26.4 Å². The smallest absolute Gasteiger partial charge is 0.343 e. The molecule has 1 aliphatic rings. The lowest BCUT2D eigenvalue weighted by molar-refractivity contribution is -0.186. The second-order valence-electron chi connectivity index (χ2n) is 4.58. The third kappa shape index (κ3) is 4.83. The second kappa shape index (κ2) is 5.46. The molecular formula is C10H16F3NO3S. The third-order valence-corrected chi connectivity index (χ3v) is 3.94. The minimum atomic E-state index is -4.21. The van der Waals surface area contributed by atoms with Crippen LogP contribution in [-0.4, -0.2) is 50.5 Å². The van der Waals surface area contributed by atoms with E-state index in [0.717, 1.165) is 6.26 Å². The molecule has 4 nitrogen and oxygen atoms in total. The van der Waals surface area contributed by atoms with Gasteiger partial charge in [0.2, 0.25) is 5.91 Å². The number of sulfone groups is 1. The van der Waals surface area contributed by atoms with Gasteiger partial charge in [0.15, 0.2) is 0 Å². The summed E-state index contributed by atoms with van der Waals surface area (Å²) in [5.41, 5.74) is 0. The monoisotopic (exact) mass is 287 g/mol. The Morgan fingerprint density at radius 1 is 1.28 bits per heavy atom. The minimum Gasteiger partial charge on any atom is -0.343 e. The zero-order valence-electron chi connectivity index (χ0n) is 10.0. The largest absolute Gasteiger partial charge is 0.391 e. The van der Waals surface area contributed by atoms with Gasteiger partial charge >= 0.3 is 6.18 Å². The Balaban J connectivity index is 2.41. The molecule has 0 unspecified atom stereocenters. The number of piperidine rings is 1. The lowest BCUT2D eigenvalue weighted by Crippen LogP contribution is -2.42. The molecule has 1 rings (SSSR count). The maximum atomic E-state index is 12.4. The molecule has 0 radical (unpaired) electrons. The fraction of sp³-hybridized carbons (Fsp3) is 0.900. The van der Waals surface area contributed by atoms with Gasteiger partial charge in [0.25, 0.3) is 0 Å². The summed E-state index contributed by atoms with van der Waals surface area (Å²) in [6.45, 7) is 0.0968. The molecule has 1 heterocycles. The number of rotatable bonds is 3. The summed E-state index contributed by atoms with van der Waals surface area (Å²) in [6, 6.07) is 0. The van der Waals surface area contributed by atoms with Crippen LogP contribution >= 0.6 is 0 Å². The normalized spacial score (nSPS) is 19.0. The predicted octanol–water partition coefficient (Wildman–Crippen LogP) is 1.22. The summed E-state index contributed by atoms with van der Waals surface area (Å²) in [4.78, 5) is 12.9. The standard InChI is InChI=1S/C10H16F3NO3S/c1-18(16,17)7-4-9(15)14-5-2-8(3-6-14)10(11,12)13/h8H,2-7H2,1H3. The molecule has 0 aromatic carbocycles. The van der Waals surface area contributed by atoms with E-state index in [9.17, 15) is 26.4 Å². The van der Waals surface area contributed by atoms with Crippen molar-refractivity contribution in [1.29, 1.82) is 0 Å². The molecule has 0 N–H and O–H groups in total. The van der Waals surface area contributed by atoms with E-state index >= 15 is 0 Å².